The fraction of sp³-hybridized carbons (Fsp3) is 0.286. The number of carbonyl (C=O) groups excluding carboxylic acids is 1. The Labute approximate surface area is 169 Å². The van der Waals surface area contributed by atoms with Crippen LogP contribution in [0.3, 0.4) is 0 Å². The highest BCUT2D eigenvalue weighted by atomic mass is 32.2. The van der Waals surface area contributed by atoms with E-state index in [0.29, 0.717) is 17.6 Å². The summed E-state index contributed by atoms with van der Waals surface area (Å²) < 4.78 is 7.61. The van der Waals surface area contributed by atoms with Crippen molar-refractivity contribution in [2.75, 3.05) is 11.1 Å². The summed E-state index contributed by atoms with van der Waals surface area (Å²) in [7, 11) is 1.87. The quantitative estimate of drug-likeness (QED) is 0.610. The van der Waals surface area contributed by atoms with Crippen LogP contribution in [0.1, 0.15) is 22.5 Å². The third-order valence-corrected chi connectivity index (χ3v) is 5.32. The molecule has 0 saturated carbocycles. The molecule has 6 nitrogen and oxygen atoms in total. The minimum atomic E-state index is -0.0718. The summed E-state index contributed by atoms with van der Waals surface area (Å²) in [6, 6.07) is 13.8. The average Bonchev–Trinajstić information content (AvgIpc) is 3.02. The van der Waals surface area contributed by atoms with Gasteiger partial charge in [-0.3, -0.25) is 4.79 Å². The summed E-state index contributed by atoms with van der Waals surface area (Å²) in [5, 5.41) is 12.0. The van der Waals surface area contributed by atoms with E-state index in [1.54, 1.807) is 0 Å². The molecule has 1 aromatic heterocycles. The molecule has 0 fully saturated rings. The van der Waals surface area contributed by atoms with Gasteiger partial charge in [-0.15, -0.1) is 10.2 Å². The molecule has 3 aromatic rings. The van der Waals surface area contributed by atoms with E-state index < -0.39 is 0 Å². The van der Waals surface area contributed by atoms with Crippen LogP contribution in [0, 0.1) is 20.8 Å². The summed E-state index contributed by atoms with van der Waals surface area (Å²) in [6.45, 7) is 6.37. The molecular formula is C21H24N4O2S. The third kappa shape index (κ3) is 5.13. The molecule has 28 heavy (non-hydrogen) atoms. The Hall–Kier alpha value is -2.80. The molecule has 1 heterocycles. The molecule has 0 radical (unpaired) electrons. The van der Waals surface area contributed by atoms with E-state index in [1.807, 2.05) is 74.9 Å². The third-order valence-electron chi connectivity index (χ3n) is 4.30. The van der Waals surface area contributed by atoms with Crippen molar-refractivity contribution < 1.29 is 9.53 Å². The maximum absolute atomic E-state index is 12.3. The molecule has 0 unspecified atom stereocenters. The van der Waals surface area contributed by atoms with Crippen molar-refractivity contribution in [3.63, 3.8) is 0 Å². The largest absolute Gasteiger partial charge is 0.486 e. The van der Waals surface area contributed by atoms with Crippen LogP contribution >= 0.6 is 11.8 Å². The predicted octanol–water partition coefficient (Wildman–Crippen LogP) is 4.05. The summed E-state index contributed by atoms with van der Waals surface area (Å²) in [5.41, 5.74) is 4.24. The average molecular weight is 397 g/mol. The molecule has 0 saturated heterocycles. The van der Waals surface area contributed by atoms with Crippen LogP contribution < -0.4 is 10.1 Å². The van der Waals surface area contributed by atoms with Gasteiger partial charge in [-0.05, 0) is 44.5 Å². The van der Waals surface area contributed by atoms with Gasteiger partial charge in [0.2, 0.25) is 5.91 Å². The van der Waals surface area contributed by atoms with Gasteiger partial charge in [-0.25, -0.2) is 0 Å². The molecule has 1 N–H and O–H groups in total. The Kier molecular flexibility index (Phi) is 6.36. The van der Waals surface area contributed by atoms with Crippen LogP contribution in [0.4, 0.5) is 5.69 Å². The van der Waals surface area contributed by atoms with E-state index in [4.69, 9.17) is 4.74 Å². The van der Waals surface area contributed by atoms with Crippen molar-refractivity contribution in [1.82, 2.24) is 14.8 Å². The highest BCUT2D eigenvalue weighted by molar-refractivity contribution is 7.99. The first-order chi connectivity index (χ1) is 13.4. The van der Waals surface area contributed by atoms with Crippen molar-refractivity contribution in [2.45, 2.75) is 32.5 Å². The van der Waals surface area contributed by atoms with Crippen molar-refractivity contribution in [1.29, 1.82) is 0 Å². The number of nitrogens with zero attached hydrogens (tertiary/aromatic N) is 3. The molecule has 0 bridgehead atoms. The van der Waals surface area contributed by atoms with E-state index in [2.05, 4.69) is 15.5 Å². The van der Waals surface area contributed by atoms with Crippen LogP contribution in [0.2, 0.25) is 0 Å². The van der Waals surface area contributed by atoms with Crippen LogP contribution in [0.5, 0.6) is 5.75 Å². The number of hydrogen-bond donors (Lipinski definition) is 1. The molecule has 2 aromatic carbocycles. The number of rotatable bonds is 7. The number of hydrogen-bond acceptors (Lipinski definition) is 5. The van der Waals surface area contributed by atoms with Gasteiger partial charge in [-0.1, -0.05) is 47.2 Å². The van der Waals surface area contributed by atoms with E-state index in [-0.39, 0.29) is 11.7 Å². The lowest BCUT2D eigenvalue weighted by atomic mass is 10.1. The first kappa shape index (κ1) is 19.9. The second kappa shape index (κ2) is 8.93. The van der Waals surface area contributed by atoms with Gasteiger partial charge in [0.25, 0.3) is 0 Å². The van der Waals surface area contributed by atoms with Crippen LogP contribution in [0.25, 0.3) is 0 Å². The number of aryl methyl sites for hydroxylation is 3. The summed E-state index contributed by atoms with van der Waals surface area (Å²) in [5.74, 6) is 1.68. The second-order valence-corrected chi connectivity index (χ2v) is 7.66. The molecule has 7 heteroatoms. The minimum Gasteiger partial charge on any atom is -0.486 e. The van der Waals surface area contributed by atoms with Gasteiger partial charge >= 0.3 is 0 Å². The summed E-state index contributed by atoms with van der Waals surface area (Å²) in [4.78, 5) is 12.3. The number of aromatic nitrogens is 3. The van der Waals surface area contributed by atoms with E-state index >= 15 is 0 Å². The summed E-state index contributed by atoms with van der Waals surface area (Å²) >= 11 is 1.35. The Balaban J connectivity index is 1.53. The zero-order valence-electron chi connectivity index (χ0n) is 16.5. The van der Waals surface area contributed by atoms with Gasteiger partial charge in [0.1, 0.15) is 12.4 Å². The van der Waals surface area contributed by atoms with Crippen LogP contribution in [-0.4, -0.2) is 26.4 Å². The van der Waals surface area contributed by atoms with Gasteiger partial charge < -0.3 is 14.6 Å². The maximum Gasteiger partial charge on any atom is 0.234 e. The molecule has 146 valence electrons. The standard InChI is InChI=1S/C21H24N4O2S/c1-14-5-8-17(9-6-14)27-12-19-23-24-21(25(19)4)28-13-20(26)22-18-10-7-15(2)11-16(18)3/h5-11H,12-13H2,1-4H3,(H,22,26). The molecule has 0 atom stereocenters. The number of benzene rings is 2. The normalized spacial score (nSPS) is 10.7. The lowest BCUT2D eigenvalue weighted by Crippen LogP contribution is -2.15. The zero-order valence-corrected chi connectivity index (χ0v) is 17.3. The fourth-order valence-corrected chi connectivity index (χ4v) is 3.38. The molecule has 0 aliphatic rings. The smallest absolute Gasteiger partial charge is 0.234 e. The Morgan fingerprint density at radius 1 is 1.07 bits per heavy atom. The minimum absolute atomic E-state index is 0.0718. The van der Waals surface area contributed by atoms with Crippen molar-refractivity contribution in [3.05, 3.63) is 65.0 Å². The topological polar surface area (TPSA) is 69.0 Å². The molecule has 0 aliphatic heterocycles. The highest BCUT2D eigenvalue weighted by Crippen LogP contribution is 2.20. The molecule has 3 rings (SSSR count). The Morgan fingerprint density at radius 2 is 1.79 bits per heavy atom. The molecule has 0 aliphatic carbocycles. The first-order valence-corrected chi connectivity index (χ1v) is 9.98. The summed E-state index contributed by atoms with van der Waals surface area (Å²) in [6.07, 6.45) is 0. The Bertz CT molecular complexity index is 967. The molecular weight excluding hydrogens is 372 g/mol. The fourth-order valence-electron chi connectivity index (χ4n) is 2.65. The lowest BCUT2D eigenvalue weighted by Gasteiger charge is -2.09. The van der Waals surface area contributed by atoms with Crippen molar-refractivity contribution >= 4 is 23.4 Å². The van der Waals surface area contributed by atoms with Crippen molar-refractivity contribution in [2.24, 2.45) is 7.05 Å². The van der Waals surface area contributed by atoms with E-state index in [1.165, 1.54) is 22.9 Å². The van der Waals surface area contributed by atoms with Crippen LogP contribution in [0.15, 0.2) is 47.6 Å². The van der Waals surface area contributed by atoms with Crippen molar-refractivity contribution in [3.8, 4) is 5.75 Å². The van der Waals surface area contributed by atoms with Gasteiger partial charge in [0.05, 0.1) is 5.75 Å². The van der Waals surface area contributed by atoms with Crippen LogP contribution in [-0.2, 0) is 18.4 Å². The number of anilines is 1. The molecule has 1 amide bonds. The number of thioether (sulfide) groups is 1. The number of amides is 1. The SMILES string of the molecule is Cc1ccc(OCc2nnc(SCC(=O)Nc3ccc(C)cc3C)n2C)cc1. The second-order valence-electron chi connectivity index (χ2n) is 6.71. The Morgan fingerprint density at radius 3 is 2.50 bits per heavy atom. The number of ether oxygens (including phenoxy) is 1. The number of nitrogens with one attached hydrogen (secondary N) is 1. The van der Waals surface area contributed by atoms with E-state index in [9.17, 15) is 4.79 Å². The van der Waals surface area contributed by atoms with E-state index in [0.717, 1.165) is 17.0 Å². The van der Waals surface area contributed by atoms with Gasteiger partial charge in [-0.2, -0.15) is 0 Å². The number of carbonyl (C=O) groups is 1. The monoisotopic (exact) mass is 396 g/mol. The lowest BCUT2D eigenvalue weighted by molar-refractivity contribution is -0.113. The van der Waals surface area contributed by atoms with Gasteiger partial charge in [0, 0.05) is 12.7 Å². The van der Waals surface area contributed by atoms with Gasteiger partial charge in [0.15, 0.2) is 11.0 Å². The zero-order chi connectivity index (χ0) is 20.1. The maximum atomic E-state index is 12.3. The first-order valence-electron chi connectivity index (χ1n) is 9.00. The predicted molar refractivity (Wildman–Crippen MR) is 112 cm³/mol. The highest BCUT2D eigenvalue weighted by Gasteiger charge is 2.13. The molecule has 0 spiro atoms.